The van der Waals surface area contributed by atoms with Gasteiger partial charge in [-0.25, -0.2) is 0 Å². The molecule has 1 aromatic carbocycles. The summed E-state index contributed by atoms with van der Waals surface area (Å²) in [7, 11) is 2.10. The SMILES string of the molecule is Cc1ccc(C(O)c2ccc3c(c2)CCN3C)cn1. The van der Waals surface area contributed by atoms with Gasteiger partial charge in [-0.15, -0.1) is 0 Å². The van der Waals surface area contributed by atoms with E-state index in [0.29, 0.717) is 0 Å². The summed E-state index contributed by atoms with van der Waals surface area (Å²) >= 11 is 0. The fourth-order valence-electron chi connectivity index (χ4n) is 2.59. The zero-order valence-corrected chi connectivity index (χ0v) is 11.3. The first-order valence-electron chi connectivity index (χ1n) is 6.60. The lowest BCUT2D eigenvalue weighted by molar-refractivity contribution is 0.220. The van der Waals surface area contributed by atoms with Gasteiger partial charge in [0.05, 0.1) is 0 Å². The lowest BCUT2D eigenvalue weighted by Gasteiger charge is -2.15. The predicted octanol–water partition coefficient (Wildman–Crippen LogP) is 2.46. The molecule has 0 aliphatic carbocycles. The van der Waals surface area contributed by atoms with Gasteiger partial charge in [-0.2, -0.15) is 0 Å². The van der Waals surface area contributed by atoms with E-state index in [1.54, 1.807) is 6.20 Å². The van der Waals surface area contributed by atoms with Crippen LogP contribution in [0.5, 0.6) is 0 Å². The summed E-state index contributed by atoms with van der Waals surface area (Å²) < 4.78 is 0. The van der Waals surface area contributed by atoms with E-state index in [9.17, 15) is 5.11 Å². The molecular weight excluding hydrogens is 236 g/mol. The van der Waals surface area contributed by atoms with Crippen LogP contribution in [0.4, 0.5) is 5.69 Å². The van der Waals surface area contributed by atoms with Crippen molar-refractivity contribution in [1.82, 2.24) is 4.98 Å². The molecular formula is C16H18N2O. The van der Waals surface area contributed by atoms with Gasteiger partial charge in [0.2, 0.25) is 0 Å². The van der Waals surface area contributed by atoms with Crippen molar-refractivity contribution in [2.45, 2.75) is 19.4 Å². The van der Waals surface area contributed by atoms with Gasteiger partial charge >= 0.3 is 0 Å². The minimum absolute atomic E-state index is 0.593. The number of aromatic nitrogens is 1. The Kier molecular flexibility index (Phi) is 2.99. The molecule has 0 spiro atoms. The Morgan fingerprint density at radius 1 is 1.21 bits per heavy atom. The maximum atomic E-state index is 10.4. The summed E-state index contributed by atoms with van der Waals surface area (Å²) in [6, 6.07) is 10.1. The van der Waals surface area contributed by atoms with Gasteiger partial charge in [0.15, 0.2) is 0 Å². The number of hydrogen-bond donors (Lipinski definition) is 1. The molecule has 0 saturated heterocycles. The van der Waals surface area contributed by atoms with E-state index < -0.39 is 6.10 Å². The number of aryl methyl sites for hydroxylation is 1. The van der Waals surface area contributed by atoms with Crippen molar-refractivity contribution in [3.05, 3.63) is 58.9 Å². The zero-order chi connectivity index (χ0) is 13.4. The first-order chi connectivity index (χ1) is 9.15. The highest BCUT2D eigenvalue weighted by molar-refractivity contribution is 5.59. The number of benzene rings is 1. The number of fused-ring (bicyclic) bond motifs is 1. The summed E-state index contributed by atoms with van der Waals surface area (Å²) in [6.07, 6.45) is 2.21. The molecule has 0 amide bonds. The Bertz CT molecular complexity index is 592. The summed E-state index contributed by atoms with van der Waals surface area (Å²) in [5.41, 5.74) is 5.35. The van der Waals surface area contributed by atoms with E-state index in [-0.39, 0.29) is 0 Å². The van der Waals surface area contributed by atoms with Crippen LogP contribution >= 0.6 is 0 Å². The van der Waals surface area contributed by atoms with E-state index in [2.05, 4.69) is 29.1 Å². The lowest BCUT2D eigenvalue weighted by Crippen LogP contribution is -2.12. The Hall–Kier alpha value is -1.87. The van der Waals surface area contributed by atoms with Crippen LogP contribution in [0.15, 0.2) is 36.5 Å². The second-order valence-corrected chi connectivity index (χ2v) is 5.20. The van der Waals surface area contributed by atoms with Crippen molar-refractivity contribution in [2.75, 3.05) is 18.5 Å². The minimum atomic E-state index is -0.593. The molecule has 1 atom stereocenters. The highest BCUT2D eigenvalue weighted by Gasteiger charge is 2.18. The highest BCUT2D eigenvalue weighted by atomic mass is 16.3. The fraction of sp³-hybridized carbons (Fsp3) is 0.312. The lowest BCUT2D eigenvalue weighted by atomic mass is 10.00. The topological polar surface area (TPSA) is 36.4 Å². The van der Waals surface area contributed by atoms with Crippen LogP contribution in [0.3, 0.4) is 0 Å². The van der Waals surface area contributed by atoms with Crippen LogP contribution in [0.25, 0.3) is 0 Å². The minimum Gasteiger partial charge on any atom is -0.384 e. The molecule has 3 heteroatoms. The monoisotopic (exact) mass is 254 g/mol. The maximum absolute atomic E-state index is 10.4. The number of pyridine rings is 1. The molecule has 3 rings (SSSR count). The number of aliphatic hydroxyl groups excluding tert-OH is 1. The summed E-state index contributed by atoms with van der Waals surface area (Å²) in [6.45, 7) is 3.00. The summed E-state index contributed by atoms with van der Waals surface area (Å²) in [5.74, 6) is 0. The van der Waals surface area contributed by atoms with Crippen molar-refractivity contribution in [2.24, 2.45) is 0 Å². The van der Waals surface area contributed by atoms with Gasteiger partial charge in [0.1, 0.15) is 6.10 Å². The van der Waals surface area contributed by atoms with Gasteiger partial charge < -0.3 is 10.0 Å². The smallest absolute Gasteiger partial charge is 0.106 e. The first-order valence-corrected chi connectivity index (χ1v) is 6.60. The molecule has 1 aliphatic rings. The predicted molar refractivity (Wildman–Crippen MR) is 76.5 cm³/mol. The third-order valence-corrected chi connectivity index (χ3v) is 3.80. The molecule has 0 radical (unpaired) electrons. The summed E-state index contributed by atoms with van der Waals surface area (Å²) in [4.78, 5) is 6.49. The molecule has 0 bridgehead atoms. The standard InChI is InChI=1S/C16H18N2O/c1-11-3-4-14(10-17-11)16(19)13-5-6-15-12(9-13)7-8-18(15)2/h3-6,9-10,16,19H,7-8H2,1-2H3. The molecule has 1 unspecified atom stereocenters. The van der Waals surface area contributed by atoms with Gasteiger partial charge in [0, 0.05) is 36.7 Å². The number of anilines is 1. The third-order valence-electron chi connectivity index (χ3n) is 3.80. The van der Waals surface area contributed by atoms with Crippen molar-refractivity contribution >= 4 is 5.69 Å². The maximum Gasteiger partial charge on any atom is 0.106 e. The fourth-order valence-corrected chi connectivity index (χ4v) is 2.59. The van der Waals surface area contributed by atoms with E-state index in [1.807, 2.05) is 25.1 Å². The van der Waals surface area contributed by atoms with Crippen molar-refractivity contribution < 1.29 is 5.11 Å². The van der Waals surface area contributed by atoms with Crippen molar-refractivity contribution in [3.8, 4) is 0 Å². The average molecular weight is 254 g/mol. The molecule has 3 nitrogen and oxygen atoms in total. The number of nitrogens with zero attached hydrogens (tertiary/aromatic N) is 2. The molecule has 2 heterocycles. The highest BCUT2D eigenvalue weighted by Crippen LogP contribution is 2.31. The van der Waals surface area contributed by atoms with E-state index in [0.717, 1.165) is 29.8 Å². The second-order valence-electron chi connectivity index (χ2n) is 5.20. The Labute approximate surface area is 113 Å². The van der Waals surface area contributed by atoms with Crippen LogP contribution in [0.1, 0.15) is 28.5 Å². The number of hydrogen-bond acceptors (Lipinski definition) is 3. The van der Waals surface area contributed by atoms with E-state index in [1.165, 1.54) is 11.3 Å². The summed E-state index contributed by atoms with van der Waals surface area (Å²) in [5, 5.41) is 10.4. The number of aliphatic hydroxyl groups is 1. The first kappa shape index (κ1) is 12.2. The Morgan fingerprint density at radius 3 is 2.74 bits per heavy atom. The van der Waals surface area contributed by atoms with Crippen molar-refractivity contribution in [3.63, 3.8) is 0 Å². The molecule has 1 aromatic heterocycles. The number of rotatable bonds is 2. The van der Waals surface area contributed by atoms with Crippen LogP contribution in [-0.2, 0) is 6.42 Å². The molecule has 98 valence electrons. The second kappa shape index (κ2) is 4.67. The molecule has 0 fully saturated rings. The number of likely N-dealkylation sites (N-methyl/N-ethyl adjacent to an activating group) is 1. The Balaban J connectivity index is 1.92. The van der Waals surface area contributed by atoms with Gasteiger partial charge in [-0.1, -0.05) is 18.2 Å². The van der Waals surface area contributed by atoms with E-state index >= 15 is 0 Å². The molecule has 0 saturated carbocycles. The van der Waals surface area contributed by atoms with Crippen molar-refractivity contribution in [1.29, 1.82) is 0 Å². The van der Waals surface area contributed by atoms with Gasteiger partial charge in [0.25, 0.3) is 0 Å². The van der Waals surface area contributed by atoms with Crippen LogP contribution in [0, 0.1) is 6.92 Å². The average Bonchev–Trinajstić information content (AvgIpc) is 2.80. The normalized spacial score (nSPS) is 15.4. The van der Waals surface area contributed by atoms with Crippen LogP contribution in [0.2, 0.25) is 0 Å². The Morgan fingerprint density at radius 2 is 2.00 bits per heavy atom. The molecule has 2 aromatic rings. The van der Waals surface area contributed by atoms with Gasteiger partial charge in [-0.3, -0.25) is 4.98 Å². The van der Waals surface area contributed by atoms with Gasteiger partial charge in [-0.05, 0) is 36.6 Å². The largest absolute Gasteiger partial charge is 0.384 e. The molecule has 1 N–H and O–H groups in total. The molecule has 19 heavy (non-hydrogen) atoms. The zero-order valence-electron chi connectivity index (χ0n) is 11.3. The van der Waals surface area contributed by atoms with E-state index in [4.69, 9.17) is 0 Å². The van der Waals surface area contributed by atoms with Crippen LogP contribution in [-0.4, -0.2) is 23.7 Å². The van der Waals surface area contributed by atoms with Crippen LogP contribution < -0.4 is 4.90 Å². The quantitative estimate of drug-likeness (QED) is 0.894. The third kappa shape index (κ3) is 2.22. The molecule has 1 aliphatic heterocycles.